The summed E-state index contributed by atoms with van der Waals surface area (Å²) in [6.45, 7) is 8.69. The Morgan fingerprint density at radius 3 is 2.74 bits per heavy atom. The molecule has 0 radical (unpaired) electrons. The van der Waals surface area contributed by atoms with Gasteiger partial charge in [0.25, 0.3) is 0 Å². The van der Waals surface area contributed by atoms with Crippen molar-refractivity contribution in [3.63, 3.8) is 0 Å². The van der Waals surface area contributed by atoms with E-state index >= 15 is 0 Å². The molecule has 0 spiro atoms. The monoisotopic (exact) mass is 478 g/mol. The van der Waals surface area contributed by atoms with Gasteiger partial charge in [-0.05, 0) is 40.5 Å². The second-order valence-electron chi connectivity index (χ2n) is 9.98. The molecule has 1 amide bonds. The molecule has 11 nitrogen and oxygen atoms in total. The number of ether oxygens (including phenoxy) is 1. The fourth-order valence-corrected chi connectivity index (χ4v) is 4.31. The highest BCUT2D eigenvalue weighted by Crippen LogP contribution is 2.32. The zero-order valence-electron chi connectivity index (χ0n) is 20.6. The first-order valence-corrected chi connectivity index (χ1v) is 11.7. The van der Waals surface area contributed by atoms with Crippen molar-refractivity contribution in [1.29, 1.82) is 0 Å². The topological polar surface area (TPSA) is 116 Å². The smallest absolute Gasteiger partial charge is 0.410 e. The first-order valence-electron chi connectivity index (χ1n) is 11.7. The fraction of sp³-hybridized carbons (Fsp3) is 0.458. The first kappa shape index (κ1) is 22.9. The molecule has 0 bridgehead atoms. The summed E-state index contributed by atoms with van der Waals surface area (Å²) in [6, 6.07) is 3.79. The molecular weight excluding hydrogens is 448 g/mol. The van der Waals surface area contributed by atoms with Crippen molar-refractivity contribution in [1.82, 2.24) is 34.4 Å². The SMILES string of the molecule is Cc1cc(Nc2cc(C3CCCN(C(=O)OC(C)(C)C)C3)nc3c(-c4cnn(C)c4)cnn23)no1. The summed E-state index contributed by atoms with van der Waals surface area (Å²) in [4.78, 5) is 19.5. The van der Waals surface area contributed by atoms with Gasteiger partial charge in [0, 0.05) is 55.5 Å². The lowest BCUT2D eigenvalue weighted by Gasteiger charge is -2.34. The predicted octanol–water partition coefficient (Wildman–Crippen LogP) is 4.28. The summed E-state index contributed by atoms with van der Waals surface area (Å²) in [6.07, 6.45) is 7.02. The van der Waals surface area contributed by atoms with E-state index in [0.717, 1.165) is 29.7 Å². The Labute approximate surface area is 203 Å². The number of piperidine rings is 1. The molecule has 0 saturated carbocycles. The number of likely N-dealkylation sites (tertiary alicyclic amines) is 1. The number of fused-ring (bicyclic) bond motifs is 1. The maximum atomic E-state index is 12.7. The summed E-state index contributed by atoms with van der Waals surface area (Å²) < 4.78 is 14.3. The summed E-state index contributed by atoms with van der Waals surface area (Å²) in [5.74, 6) is 2.05. The molecule has 4 aromatic rings. The van der Waals surface area contributed by atoms with Crippen LogP contribution in [0.2, 0.25) is 0 Å². The highest BCUT2D eigenvalue weighted by Gasteiger charge is 2.30. The summed E-state index contributed by atoms with van der Waals surface area (Å²) in [7, 11) is 1.88. The van der Waals surface area contributed by atoms with Crippen LogP contribution in [0.25, 0.3) is 16.8 Å². The number of carbonyl (C=O) groups excluding carboxylic acids is 1. The van der Waals surface area contributed by atoms with E-state index in [-0.39, 0.29) is 12.0 Å². The standard InChI is InChI=1S/C24H30N8O3/c1-15-9-20(29-35-15)28-21-10-19(16-7-6-8-31(14-16)23(33)34-24(2,3)4)27-22-18(12-26-32(21)22)17-11-25-30(5)13-17/h9-13,16H,6-8,14H2,1-5H3,(H,28,29). The molecule has 1 aliphatic rings. The minimum Gasteiger partial charge on any atom is -0.444 e. The molecule has 184 valence electrons. The molecule has 11 heteroatoms. The second kappa shape index (κ2) is 8.71. The van der Waals surface area contributed by atoms with Crippen LogP contribution in [0.3, 0.4) is 0 Å². The molecule has 35 heavy (non-hydrogen) atoms. The number of nitrogens with zero attached hydrogens (tertiary/aromatic N) is 7. The Hall–Kier alpha value is -3.89. The molecule has 1 saturated heterocycles. The molecule has 1 unspecified atom stereocenters. The maximum absolute atomic E-state index is 12.7. The Kier molecular flexibility index (Phi) is 5.70. The number of hydrogen-bond acceptors (Lipinski definition) is 8. The van der Waals surface area contributed by atoms with Crippen LogP contribution in [-0.2, 0) is 11.8 Å². The predicted molar refractivity (Wildman–Crippen MR) is 129 cm³/mol. The molecule has 5 rings (SSSR count). The van der Waals surface area contributed by atoms with Crippen molar-refractivity contribution >= 4 is 23.4 Å². The van der Waals surface area contributed by atoms with Crippen LogP contribution in [0.1, 0.15) is 51.0 Å². The van der Waals surface area contributed by atoms with Crippen LogP contribution in [0, 0.1) is 6.92 Å². The number of amides is 1. The van der Waals surface area contributed by atoms with E-state index in [1.54, 1.807) is 26.5 Å². The van der Waals surface area contributed by atoms with Gasteiger partial charge in [-0.25, -0.2) is 9.78 Å². The molecule has 1 N–H and O–H groups in total. The van der Waals surface area contributed by atoms with Crippen LogP contribution in [-0.4, -0.2) is 59.2 Å². The van der Waals surface area contributed by atoms with Crippen molar-refractivity contribution in [2.24, 2.45) is 7.05 Å². The van der Waals surface area contributed by atoms with Gasteiger partial charge in [0.1, 0.15) is 17.2 Å². The van der Waals surface area contributed by atoms with E-state index in [2.05, 4.69) is 20.7 Å². The number of aromatic nitrogens is 6. The van der Waals surface area contributed by atoms with Crippen molar-refractivity contribution < 1.29 is 14.1 Å². The largest absolute Gasteiger partial charge is 0.444 e. The highest BCUT2D eigenvalue weighted by atomic mass is 16.6. The van der Waals surface area contributed by atoms with Gasteiger partial charge < -0.3 is 19.5 Å². The van der Waals surface area contributed by atoms with Crippen LogP contribution in [0.4, 0.5) is 16.4 Å². The van der Waals surface area contributed by atoms with Gasteiger partial charge in [0.2, 0.25) is 0 Å². The van der Waals surface area contributed by atoms with Crippen LogP contribution in [0.15, 0.2) is 35.2 Å². The highest BCUT2D eigenvalue weighted by molar-refractivity contribution is 5.78. The third-order valence-electron chi connectivity index (χ3n) is 5.88. The van der Waals surface area contributed by atoms with Crippen molar-refractivity contribution in [3.8, 4) is 11.1 Å². The van der Waals surface area contributed by atoms with Crippen LogP contribution >= 0.6 is 0 Å². The fourth-order valence-electron chi connectivity index (χ4n) is 4.31. The van der Waals surface area contributed by atoms with E-state index in [9.17, 15) is 4.79 Å². The Morgan fingerprint density at radius 2 is 2.06 bits per heavy atom. The third kappa shape index (κ3) is 4.84. The maximum Gasteiger partial charge on any atom is 0.410 e. The number of anilines is 2. The van der Waals surface area contributed by atoms with Gasteiger partial charge in [-0.1, -0.05) is 5.16 Å². The average Bonchev–Trinajstić information content (AvgIpc) is 3.52. The van der Waals surface area contributed by atoms with E-state index in [0.29, 0.717) is 36.1 Å². The Bertz CT molecular complexity index is 1360. The van der Waals surface area contributed by atoms with Gasteiger partial charge >= 0.3 is 6.09 Å². The van der Waals surface area contributed by atoms with Crippen molar-refractivity contribution in [3.05, 3.63) is 42.2 Å². The minimum absolute atomic E-state index is 0.0533. The minimum atomic E-state index is -0.537. The molecular formula is C24H30N8O3. The lowest BCUT2D eigenvalue weighted by Crippen LogP contribution is -2.42. The number of rotatable bonds is 4. The third-order valence-corrected chi connectivity index (χ3v) is 5.88. The zero-order chi connectivity index (χ0) is 24.7. The van der Waals surface area contributed by atoms with Gasteiger partial charge in [-0.15, -0.1) is 0 Å². The first-order chi connectivity index (χ1) is 16.7. The molecule has 0 aliphatic carbocycles. The number of hydrogen-bond donors (Lipinski definition) is 1. The molecule has 1 fully saturated rings. The van der Waals surface area contributed by atoms with Crippen molar-refractivity contribution in [2.75, 3.05) is 18.4 Å². The zero-order valence-corrected chi connectivity index (χ0v) is 20.6. The van der Waals surface area contributed by atoms with E-state index in [1.165, 1.54) is 0 Å². The normalized spacial score (nSPS) is 16.6. The van der Waals surface area contributed by atoms with E-state index in [4.69, 9.17) is 14.2 Å². The second-order valence-corrected chi connectivity index (χ2v) is 9.98. The van der Waals surface area contributed by atoms with Crippen molar-refractivity contribution in [2.45, 2.75) is 52.1 Å². The van der Waals surface area contributed by atoms with Gasteiger partial charge in [0.15, 0.2) is 11.5 Å². The van der Waals surface area contributed by atoms with Gasteiger partial charge in [-0.3, -0.25) is 4.68 Å². The molecule has 4 aromatic heterocycles. The Balaban J connectivity index is 1.53. The van der Waals surface area contributed by atoms with Crippen LogP contribution in [0.5, 0.6) is 0 Å². The quantitative estimate of drug-likeness (QED) is 0.462. The van der Waals surface area contributed by atoms with Gasteiger partial charge in [0.05, 0.1) is 18.1 Å². The lowest BCUT2D eigenvalue weighted by atomic mass is 9.94. The van der Waals surface area contributed by atoms with E-state index < -0.39 is 5.60 Å². The number of carbonyl (C=O) groups is 1. The molecule has 1 atom stereocenters. The molecule has 5 heterocycles. The molecule has 0 aromatic carbocycles. The molecule has 1 aliphatic heterocycles. The Morgan fingerprint density at radius 1 is 1.23 bits per heavy atom. The summed E-state index contributed by atoms with van der Waals surface area (Å²) in [5.41, 5.74) is 2.84. The number of nitrogens with one attached hydrogen (secondary N) is 1. The van der Waals surface area contributed by atoms with Crippen LogP contribution < -0.4 is 5.32 Å². The lowest BCUT2D eigenvalue weighted by molar-refractivity contribution is 0.0197. The summed E-state index contributed by atoms with van der Waals surface area (Å²) >= 11 is 0. The number of aryl methyl sites for hydroxylation is 2. The summed E-state index contributed by atoms with van der Waals surface area (Å²) in [5, 5.41) is 16.3. The average molecular weight is 479 g/mol. The van der Waals surface area contributed by atoms with Gasteiger partial charge in [-0.2, -0.15) is 14.7 Å². The van der Waals surface area contributed by atoms with E-state index in [1.807, 2.05) is 53.1 Å².